The zero-order valence-electron chi connectivity index (χ0n) is 17.3. The van der Waals surface area contributed by atoms with Crippen molar-refractivity contribution in [3.05, 3.63) is 51.8 Å². The topological polar surface area (TPSA) is 121 Å². The van der Waals surface area contributed by atoms with E-state index in [1.165, 1.54) is 0 Å². The van der Waals surface area contributed by atoms with Crippen LogP contribution in [0.1, 0.15) is 51.5 Å². The highest BCUT2D eigenvalue weighted by Gasteiger charge is 2.21. The van der Waals surface area contributed by atoms with Crippen LogP contribution in [0.15, 0.2) is 18.2 Å². The van der Waals surface area contributed by atoms with Crippen LogP contribution in [0.4, 0.5) is 5.69 Å². The number of para-hydroxylation sites is 1. The van der Waals surface area contributed by atoms with Crippen LogP contribution >= 0.6 is 0 Å². The van der Waals surface area contributed by atoms with Crippen LogP contribution in [-0.4, -0.2) is 41.0 Å². The third kappa shape index (κ3) is 5.45. The predicted molar refractivity (Wildman–Crippen MR) is 109 cm³/mol. The SMILES string of the molecule is Cc1cccc(C)c1NC(=O)CNC(=O)COC(=O)c1[nH]c(C)c([C@H](C)O)c1C. The lowest BCUT2D eigenvalue weighted by Crippen LogP contribution is -2.35. The van der Waals surface area contributed by atoms with E-state index in [1.54, 1.807) is 20.8 Å². The van der Waals surface area contributed by atoms with E-state index in [9.17, 15) is 19.5 Å². The van der Waals surface area contributed by atoms with Gasteiger partial charge < -0.3 is 25.5 Å². The summed E-state index contributed by atoms with van der Waals surface area (Å²) in [5.41, 5.74) is 4.62. The second-order valence-corrected chi connectivity index (χ2v) is 7.01. The molecule has 0 aliphatic carbocycles. The largest absolute Gasteiger partial charge is 0.451 e. The number of H-pyrrole nitrogens is 1. The van der Waals surface area contributed by atoms with E-state index in [1.807, 2.05) is 32.0 Å². The molecule has 8 heteroatoms. The fourth-order valence-electron chi connectivity index (χ4n) is 3.22. The quantitative estimate of drug-likeness (QED) is 0.530. The number of aryl methyl sites for hydroxylation is 3. The summed E-state index contributed by atoms with van der Waals surface area (Å²) in [7, 11) is 0. The molecule has 156 valence electrons. The number of aromatic nitrogens is 1. The molecule has 2 rings (SSSR count). The Bertz CT molecular complexity index is 910. The number of nitrogens with one attached hydrogen (secondary N) is 3. The first-order valence-electron chi connectivity index (χ1n) is 9.28. The molecular formula is C21H27N3O5. The zero-order chi connectivity index (χ0) is 21.7. The summed E-state index contributed by atoms with van der Waals surface area (Å²) in [6, 6.07) is 5.66. The Morgan fingerprint density at radius 2 is 1.72 bits per heavy atom. The minimum atomic E-state index is -0.730. The number of carbonyl (C=O) groups is 3. The molecular weight excluding hydrogens is 374 g/mol. The van der Waals surface area contributed by atoms with Gasteiger partial charge in [0.25, 0.3) is 5.91 Å². The maximum absolute atomic E-state index is 12.2. The molecule has 0 aliphatic heterocycles. The maximum Gasteiger partial charge on any atom is 0.355 e. The number of aromatic amines is 1. The average Bonchev–Trinajstić information content (AvgIpc) is 2.95. The molecule has 1 atom stereocenters. The fraction of sp³-hybridized carbons (Fsp3) is 0.381. The molecule has 8 nitrogen and oxygen atoms in total. The van der Waals surface area contributed by atoms with Gasteiger partial charge in [0.1, 0.15) is 5.69 Å². The van der Waals surface area contributed by atoms with Crippen LogP contribution < -0.4 is 10.6 Å². The minimum Gasteiger partial charge on any atom is -0.451 e. The minimum absolute atomic E-state index is 0.193. The van der Waals surface area contributed by atoms with E-state index in [-0.39, 0.29) is 18.1 Å². The van der Waals surface area contributed by atoms with Gasteiger partial charge in [0, 0.05) is 16.9 Å². The summed E-state index contributed by atoms with van der Waals surface area (Å²) < 4.78 is 5.01. The Labute approximate surface area is 169 Å². The zero-order valence-corrected chi connectivity index (χ0v) is 17.3. The van der Waals surface area contributed by atoms with Crippen molar-refractivity contribution >= 4 is 23.5 Å². The molecule has 4 N–H and O–H groups in total. The molecule has 0 radical (unpaired) electrons. The van der Waals surface area contributed by atoms with Crippen LogP contribution in [0.25, 0.3) is 0 Å². The van der Waals surface area contributed by atoms with Gasteiger partial charge in [-0.05, 0) is 51.3 Å². The van der Waals surface area contributed by atoms with Gasteiger partial charge in [0.15, 0.2) is 6.61 Å². The van der Waals surface area contributed by atoms with Gasteiger partial charge in [-0.25, -0.2) is 4.79 Å². The van der Waals surface area contributed by atoms with Gasteiger partial charge in [-0.1, -0.05) is 18.2 Å². The number of esters is 1. The van der Waals surface area contributed by atoms with Crippen molar-refractivity contribution in [2.24, 2.45) is 0 Å². The van der Waals surface area contributed by atoms with Crippen LogP contribution in [0.3, 0.4) is 0 Å². The normalized spacial score (nSPS) is 11.7. The van der Waals surface area contributed by atoms with Crippen molar-refractivity contribution in [1.82, 2.24) is 10.3 Å². The first kappa shape index (κ1) is 22.2. The van der Waals surface area contributed by atoms with E-state index in [0.29, 0.717) is 22.5 Å². The maximum atomic E-state index is 12.2. The van der Waals surface area contributed by atoms with Gasteiger partial charge in [-0.15, -0.1) is 0 Å². The van der Waals surface area contributed by atoms with Crippen LogP contribution in [0.2, 0.25) is 0 Å². The summed E-state index contributed by atoms with van der Waals surface area (Å²) in [5, 5.41) is 15.0. The number of hydrogen-bond acceptors (Lipinski definition) is 5. The summed E-state index contributed by atoms with van der Waals surface area (Å²) in [6.45, 7) is 8.05. The molecule has 0 saturated heterocycles. The molecule has 0 unspecified atom stereocenters. The highest BCUT2D eigenvalue weighted by atomic mass is 16.5. The number of rotatable bonds is 7. The Hall–Kier alpha value is -3.13. The second kappa shape index (κ2) is 9.38. The number of anilines is 1. The van der Waals surface area contributed by atoms with Crippen molar-refractivity contribution in [1.29, 1.82) is 0 Å². The average molecular weight is 401 g/mol. The Kier molecular flexibility index (Phi) is 7.17. The van der Waals surface area contributed by atoms with E-state index in [2.05, 4.69) is 15.6 Å². The van der Waals surface area contributed by atoms with Crippen molar-refractivity contribution in [3.63, 3.8) is 0 Å². The molecule has 1 aromatic heterocycles. The highest BCUT2D eigenvalue weighted by Crippen LogP contribution is 2.24. The number of aliphatic hydroxyl groups excluding tert-OH is 1. The molecule has 2 aromatic rings. The van der Waals surface area contributed by atoms with Crippen LogP contribution in [0.5, 0.6) is 0 Å². The summed E-state index contributed by atoms with van der Waals surface area (Å²) in [5.74, 6) is -1.67. The van der Waals surface area contributed by atoms with Crippen molar-refractivity contribution in [2.75, 3.05) is 18.5 Å². The number of aliphatic hydroxyl groups is 1. The highest BCUT2D eigenvalue weighted by molar-refractivity contribution is 5.96. The lowest BCUT2D eigenvalue weighted by atomic mass is 10.1. The number of ether oxygens (including phenoxy) is 1. The molecule has 0 spiro atoms. The van der Waals surface area contributed by atoms with Crippen molar-refractivity contribution in [2.45, 2.75) is 40.7 Å². The molecule has 0 bridgehead atoms. The third-order valence-corrected chi connectivity index (χ3v) is 4.64. The number of hydrogen-bond donors (Lipinski definition) is 4. The van der Waals surface area contributed by atoms with Gasteiger partial charge >= 0.3 is 5.97 Å². The first-order chi connectivity index (χ1) is 13.6. The van der Waals surface area contributed by atoms with Crippen LogP contribution in [0, 0.1) is 27.7 Å². The fourth-order valence-corrected chi connectivity index (χ4v) is 3.22. The number of amides is 2. The Morgan fingerprint density at radius 3 is 2.28 bits per heavy atom. The summed E-state index contributed by atoms with van der Waals surface area (Å²) in [4.78, 5) is 39.1. The standard InChI is InChI=1S/C21H27N3O5/c1-11-7-6-8-12(2)19(11)24-16(26)9-22-17(27)10-29-21(28)20-13(3)18(15(5)25)14(4)23-20/h6-8,15,23,25H,9-10H2,1-5H3,(H,22,27)(H,24,26)/t15-/m0/s1. The monoisotopic (exact) mass is 401 g/mol. The smallest absolute Gasteiger partial charge is 0.355 e. The van der Waals surface area contributed by atoms with Crippen molar-refractivity contribution in [3.8, 4) is 0 Å². The van der Waals surface area contributed by atoms with E-state index in [4.69, 9.17) is 4.74 Å². The molecule has 29 heavy (non-hydrogen) atoms. The molecule has 2 amide bonds. The molecule has 1 aromatic carbocycles. The van der Waals surface area contributed by atoms with E-state index < -0.39 is 24.6 Å². The van der Waals surface area contributed by atoms with Gasteiger partial charge in [-0.3, -0.25) is 9.59 Å². The summed E-state index contributed by atoms with van der Waals surface area (Å²) >= 11 is 0. The number of benzene rings is 1. The molecule has 0 fully saturated rings. The lowest BCUT2D eigenvalue weighted by Gasteiger charge is -2.12. The van der Waals surface area contributed by atoms with Gasteiger partial charge in [0.05, 0.1) is 12.6 Å². The predicted octanol–water partition coefficient (Wildman–Crippen LogP) is 2.21. The van der Waals surface area contributed by atoms with Crippen molar-refractivity contribution < 1.29 is 24.2 Å². The third-order valence-electron chi connectivity index (χ3n) is 4.64. The summed E-state index contributed by atoms with van der Waals surface area (Å²) in [6.07, 6.45) is -0.730. The number of carbonyl (C=O) groups excluding carboxylic acids is 3. The molecule has 0 aliphatic rings. The van der Waals surface area contributed by atoms with E-state index in [0.717, 1.165) is 11.1 Å². The van der Waals surface area contributed by atoms with E-state index >= 15 is 0 Å². The second-order valence-electron chi connectivity index (χ2n) is 7.01. The molecule has 0 saturated carbocycles. The molecule has 1 heterocycles. The van der Waals surface area contributed by atoms with Gasteiger partial charge in [0.2, 0.25) is 5.91 Å². The Morgan fingerprint density at radius 1 is 1.10 bits per heavy atom. The lowest BCUT2D eigenvalue weighted by molar-refractivity contribution is -0.126. The Balaban J connectivity index is 1.85. The van der Waals surface area contributed by atoms with Crippen LogP contribution in [-0.2, 0) is 14.3 Å². The first-order valence-corrected chi connectivity index (χ1v) is 9.28. The van der Waals surface area contributed by atoms with Gasteiger partial charge in [-0.2, -0.15) is 0 Å².